The van der Waals surface area contributed by atoms with Crippen molar-refractivity contribution in [1.82, 2.24) is 4.90 Å². The van der Waals surface area contributed by atoms with E-state index in [0.29, 0.717) is 16.7 Å². The van der Waals surface area contributed by atoms with Crippen LogP contribution >= 0.6 is 12.2 Å². The Hall–Kier alpha value is -2.08. The van der Waals surface area contributed by atoms with Crippen molar-refractivity contribution in [3.8, 4) is 0 Å². The molecule has 0 amide bonds. The van der Waals surface area contributed by atoms with E-state index >= 15 is 0 Å². The van der Waals surface area contributed by atoms with Crippen molar-refractivity contribution in [2.24, 2.45) is 5.92 Å². The highest BCUT2D eigenvalue weighted by Gasteiger charge is 2.30. The van der Waals surface area contributed by atoms with E-state index in [0.717, 1.165) is 44.5 Å². The van der Waals surface area contributed by atoms with Crippen LogP contribution in [-0.4, -0.2) is 23.1 Å². The Balaban J connectivity index is 1.52. The van der Waals surface area contributed by atoms with Gasteiger partial charge in [0, 0.05) is 18.8 Å². The van der Waals surface area contributed by atoms with Crippen LogP contribution in [0.25, 0.3) is 0 Å². The predicted molar refractivity (Wildman–Crippen MR) is 102 cm³/mol. The number of anilines is 1. The van der Waals surface area contributed by atoms with Gasteiger partial charge >= 0.3 is 6.18 Å². The van der Waals surface area contributed by atoms with Gasteiger partial charge in [-0.2, -0.15) is 13.2 Å². The van der Waals surface area contributed by atoms with Gasteiger partial charge in [0.25, 0.3) is 0 Å². The van der Waals surface area contributed by atoms with Gasteiger partial charge in [0.15, 0.2) is 5.11 Å². The molecule has 0 spiro atoms. The Morgan fingerprint density at radius 1 is 1.04 bits per heavy atom. The molecule has 2 nitrogen and oxygen atoms in total. The zero-order valence-corrected chi connectivity index (χ0v) is 15.1. The van der Waals surface area contributed by atoms with Gasteiger partial charge in [0.05, 0.1) is 5.56 Å². The number of nitrogens with one attached hydrogen (secondary N) is 1. The Kier molecular flexibility index (Phi) is 5.81. The second-order valence-corrected chi connectivity index (χ2v) is 7.02. The molecule has 0 unspecified atom stereocenters. The molecule has 2 aromatic carbocycles. The highest BCUT2D eigenvalue weighted by Crippen LogP contribution is 2.31. The zero-order valence-electron chi connectivity index (χ0n) is 14.3. The maximum atomic E-state index is 12.8. The van der Waals surface area contributed by atoms with Crippen LogP contribution in [0.4, 0.5) is 18.9 Å². The SMILES string of the molecule is FC(F)(F)c1cccc(NC(=S)N2CCC(Cc3ccccc3)CC2)c1. The third-order valence-electron chi connectivity index (χ3n) is 4.71. The number of benzene rings is 2. The lowest BCUT2D eigenvalue weighted by atomic mass is 9.90. The summed E-state index contributed by atoms with van der Waals surface area (Å²) in [4.78, 5) is 2.04. The molecule has 1 N–H and O–H groups in total. The topological polar surface area (TPSA) is 15.3 Å². The number of likely N-dealkylation sites (tertiary alicyclic amines) is 1. The minimum atomic E-state index is -4.35. The summed E-state index contributed by atoms with van der Waals surface area (Å²) >= 11 is 5.39. The molecule has 0 atom stereocenters. The summed E-state index contributed by atoms with van der Waals surface area (Å²) < 4.78 is 38.4. The molecule has 1 aliphatic rings. The van der Waals surface area contributed by atoms with Crippen molar-refractivity contribution in [2.45, 2.75) is 25.4 Å². The van der Waals surface area contributed by atoms with Crippen molar-refractivity contribution in [3.05, 3.63) is 65.7 Å². The summed E-state index contributed by atoms with van der Waals surface area (Å²) in [6.45, 7) is 1.64. The maximum absolute atomic E-state index is 12.8. The van der Waals surface area contributed by atoms with Crippen molar-refractivity contribution in [3.63, 3.8) is 0 Å². The first-order valence-corrected chi connectivity index (χ1v) is 9.10. The predicted octanol–water partition coefficient (Wildman–Crippen LogP) is 5.36. The molecule has 1 saturated heterocycles. The molecule has 0 saturated carbocycles. The quantitative estimate of drug-likeness (QED) is 0.724. The van der Waals surface area contributed by atoms with Gasteiger partial charge in [-0.05, 0) is 61.2 Å². The van der Waals surface area contributed by atoms with Crippen LogP contribution in [0.15, 0.2) is 54.6 Å². The molecule has 1 aliphatic heterocycles. The molecular formula is C20H21F3N2S. The van der Waals surface area contributed by atoms with E-state index in [4.69, 9.17) is 12.2 Å². The second-order valence-electron chi connectivity index (χ2n) is 6.63. The highest BCUT2D eigenvalue weighted by molar-refractivity contribution is 7.80. The van der Waals surface area contributed by atoms with Gasteiger partial charge in [-0.3, -0.25) is 0 Å². The number of hydrogen-bond donors (Lipinski definition) is 1. The Morgan fingerprint density at radius 3 is 2.38 bits per heavy atom. The number of piperidine rings is 1. The van der Waals surface area contributed by atoms with Crippen molar-refractivity contribution >= 4 is 23.0 Å². The number of rotatable bonds is 3. The molecule has 0 aliphatic carbocycles. The van der Waals surface area contributed by atoms with Gasteiger partial charge < -0.3 is 10.2 Å². The van der Waals surface area contributed by atoms with Crippen LogP contribution in [0.1, 0.15) is 24.0 Å². The van der Waals surface area contributed by atoms with Crippen LogP contribution in [0, 0.1) is 5.92 Å². The third kappa shape index (κ3) is 4.97. The first-order valence-electron chi connectivity index (χ1n) is 8.69. The fraction of sp³-hybridized carbons (Fsp3) is 0.350. The standard InChI is InChI=1S/C20H21F3N2S/c21-20(22,23)17-7-4-8-18(14-17)24-19(26)25-11-9-16(10-12-25)13-15-5-2-1-3-6-15/h1-8,14,16H,9-13H2,(H,24,26). The maximum Gasteiger partial charge on any atom is 0.416 e. The van der Waals surface area contributed by atoms with Crippen LogP contribution in [-0.2, 0) is 12.6 Å². The van der Waals surface area contributed by atoms with E-state index in [1.54, 1.807) is 6.07 Å². The summed E-state index contributed by atoms with van der Waals surface area (Å²) in [5.41, 5.74) is 1.04. The largest absolute Gasteiger partial charge is 0.416 e. The molecule has 138 valence electrons. The van der Waals surface area contributed by atoms with E-state index in [1.807, 2.05) is 11.0 Å². The highest BCUT2D eigenvalue weighted by atomic mass is 32.1. The molecule has 26 heavy (non-hydrogen) atoms. The Morgan fingerprint density at radius 2 is 1.73 bits per heavy atom. The molecule has 0 aromatic heterocycles. The molecule has 1 fully saturated rings. The molecule has 3 rings (SSSR count). The minimum absolute atomic E-state index is 0.372. The van der Waals surface area contributed by atoms with Crippen LogP contribution < -0.4 is 5.32 Å². The van der Waals surface area contributed by atoms with Gasteiger partial charge in [0.1, 0.15) is 0 Å². The van der Waals surface area contributed by atoms with Crippen LogP contribution in [0.2, 0.25) is 0 Å². The average molecular weight is 378 g/mol. The number of nitrogens with zero attached hydrogens (tertiary/aromatic N) is 1. The average Bonchev–Trinajstić information content (AvgIpc) is 2.63. The minimum Gasteiger partial charge on any atom is -0.349 e. The molecule has 0 radical (unpaired) electrons. The normalized spacial score (nSPS) is 15.7. The van der Waals surface area contributed by atoms with Crippen LogP contribution in [0.5, 0.6) is 0 Å². The number of hydrogen-bond acceptors (Lipinski definition) is 1. The van der Waals surface area contributed by atoms with Crippen molar-refractivity contribution in [2.75, 3.05) is 18.4 Å². The van der Waals surface area contributed by atoms with E-state index < -0.39 is 11.7 Å². The van der Waals surface area contributed by atoms with E-state index in [9.17, 15) is 13.2 Å². The second kappa shape index (κ2) is 8.08. The summed E-state index contributed by atoms with van der Waals surface area (Å²) in [5, 5.41) is 3.43. The molecule has 2 aromatic rings. The number of thiocarbonyl (C=S) groups is 1. The van der Waals surface area contributed by atoms with E-state index in [2.05, 4.69) is 29.6 Å². The molecular weight excluding hydrogens is 357 g/mol. The molecule has 6 heteroatoms. The molecule has 1 heterocycles. The van der Waals surface area contributed by atoms with Gasteiger partial charge in [-0.1, -0.05) is 36.4 Å². The summed E-state index contributed by atoms with van der Waals surface area (Å²) in [6, 6.07) is 15.6. The third-order valence-corrected chi connectivity index (χ3v) is 5.07. The van der Waals surface area contributed by atoms with Crippen molar-refractivity contribution < 1.29 is 13.2 Å². The number of alkyl halides is 3. The fourth-order valence-electron chi connectivity index (χ4n) is 3.26. The Bertz CT molecular complexity index is 738. The lowest BCUT2D eigenvalue weighted by Crippen LogP contribution is -2.41. The lowest BCUT2D eigenvalue weighted by molar-refractivity contribution is -0.137. The smallest absolute Gasteiger partial charge is 0.349 e. The van der Waals surface area contributed by atoms with E-state index in [-0.39, 0.29) is 0 Å². The Labute approximate surface area is 157 Å². The van der Waals surface area contributed by atoms with Crippen molar-refractivity contribution in [1.29, 1.82) is 0 Å². The first-order chi connectivity index (χ1) is 12.4. The van der Waals surface area contributed by atoms with Gasteiger partial charge in [0.2, 0.25) is 0 Å². The summed E-state index contributed by atoms with van der Waals surface area (Å²) in [5.74, 6) is 0.616. The first kappa shape index (κ1) is 18.7. The number of halogens is 3. The van der Waals surface area contributed by atoms with Crippen LogP contribution in [0.3, 0.4) is 0 Å². The summed E-state index contributed by atoms with van der Waals surface area (Å²) in [7, 11) is 0. The summed E-state index contributed by atoms with van der Waals surface area (Å²) in [6.07, 6.45) is -1.24. The van der Waals surface area contributed by atoms with Gasteiger partial charge in [-0.15, -0.1) is 0 Å². The lowest BCUT2D eigenvalue weighted by Gasteiger charge is -2.34. The monoisotopic (exact) mass is 378 g/mol. The van der Waals surface area contributed by atoms with Gasteiger partial charge in [-0.25, -0.2) is 0 Å². The zero-order chi connectivity index (χ0) is 18.6. The molecule has 0 bridgehead atoms. The van der Waals surface area contributed by atoms with E-state index in [1.165, 1.54) is 11.6 Å². The fourth-order valence-corrected chi connectivity index (χ4v) is 3.56.